The van der Waals surface area contributed by atoms with Gasteiger partial charge in [0.05, 0.1) is 10.7 Å². The predicted molar refractivity (Wildman–Crippen MR) is 115 cm³/mol. The van der Waals surface area contributed by atoms with E-state index >= 15 is 0 Å². The first-order valence-corrected chi connectivity index (χ1v) is 9.75. The number of anilines is 1. The standard InChI is InChI=1S/C24H19ClFNO2/c1-2-27-22-10-6-4-8-18(22)19(24(27)28)13-16-11-12-23(20(25)14-16)29-15-17-7-3-5-9-21(17)26/h3-14H,2,15H2,1H3/b19-13-. The number of carbonyl (C=O) groups excluding carboxylic acids is 1. The van der Waals surface area contributed by atoms with Crippen molar-refractivity contribution in [3.8, 4) is 5.75 Å². The zero-order valence-corrected chi connectivity index (χ0v) is 16.6. The zero-order chi connectivity index (χ0) is 20.4. The van der Waals surface area contributed by atoms with Crippen molar-refractivity contribution in [1.82, 2.24) is 0 Å². The first-order valence-electron chi connectivity index (χ1n) is 9.37. The summed E-state index contributed by atoms with van der Waals surface area (Å²) in [6.45, 7) is 2.65. The number of rotatable bonds is 5. The monoisotopic (exact) mass is 407 g/mol. The first-order chi connectivity index (χ1) is 14.1. The number of carbonyl (C=O) groups is 1. The van der Waals surface area contributed by atoms with Crippen molar-refractivity contribution in [2.24, 2.45) is 0 Å². The molecule has 146 valence electrons. The van der Waals surface area contributed by atoms with Crippen LogP contribution in [0.15, 0.2) is 66.7 Å². The number of hydrogen-bond acceptors (Lipinski definition) is 2. The molecule has 0 spiro atoms. The molecule has 0 atom stereocenters. The van der Waals surface area contributed by atoms with Crippen LogP contribution in [0.25, 0.3) is 11.6 Å². The molecule has 0 fully saturated rings. The van der Waals surface area contributed by atoms with Gasteiger partial charge in [-0.2, -0.15) is 0 Å². The molecule has 0 bridgehead atoms. The van der Waals surface area contributed by atoms with Crippen LogP contribution in [0.2, 0.25) is 5.02 Å². The van der Waals surface area contributed by atoms with E-state index in [-0.39, 0.29) is 18.3 Å². The quantitative estimate of drug-likeness (QED) is 0.488. The van der Waals surface area contributed by atoms with Gasteiger partial charge in [0.15, 0.2) is 0 Å². The first kappa shape index (κ1) is 19.2. The summed E-state index contributed by atoms with van der Waals surface area (Å²) in [5.41, 5.74) is 3.73. The Bertz CT molecular complexity index is 1110. The number of likely N-dealkylation sites (N-methyl/N-ethyl adjacent to an activating group) is 1. The minimum Gasteiger partial charge on any atom is -0.487 e. The molecule has 1 heterocycles. The Morgan fingerprint density at radius 3 is 2.59 bits per heavy atom. The molecule has 0 aliphatic carbocycles. The normalized spacial score (nSPS) is 14.4. The largest absolute Gasteiger partial charge is 0.487 e. The molecule has 1 aliphatic heterocycles. The summed E-state index contributed by atoms with van der Waals surface area (Å²) < 4.78 is 19.4. The van der Waals surface area contributed by atoms with Crippen molar-refractivity contribution in [3.05, 3.63) is 94.3 Å². The van der Waals surface area contributed by atoms with Gasteiger partial charge >= 0.3 is 0 Å². The Kier molecular flexibility index (Phi) is 5.36. The molecule has 29 heavy (non-hydrogen) atoms. The van der Waals surface area contributed by atoms with Crippen LogP contribution >= 0.6 is 11.6 Å². The lowest BCUT2D eigenvalue weighted by Crippen LogP contribution is -2.25. The number of amides is 1. The highest BCUT2D eigenvalue weighted by Crippen LogP contribution is 2.38. The maximum absolute atomic E-state index is 13.7. The van der Waals surface area contributed by atoms with Crippen LogP contribution in [0.5, 0.6) is 5.75 Å². The lowest BCUT2D eigenvalue weighted by Gasteiger charge is -2.13. The summed E-state index contributed by atoms with van der Waals surface area (Å²) in [6, 6.07) is 19.5. The molecule has 0 N–H and O–H groups in total. The molecule has 1 amide bonds. The minimum atomic E-state index is -0.316. The number of para-hydroxylation sites is 1. The van der Waals surface area contributed by atoms with E-state index in [1.54, 1.807) is 35.2 Å². The fourth-order valence-corrected chi connectivity index (χ4v) is 3.67. The van der Waals surface area contributed by atoms with E-state index in [2.05, 4.69) is 0 Å². The molecule has 1 aliphatic rings. The number of benzene rings is 3. The molecule has 0 radical (unpaired) electrons. The van der Waals surface area contributed by atoms with Crippen LogP contribution < -0.4 is 9.64 Å². The highest BCUT2D eigenvalue weighted by atomic mass is 35.5. The van der Waals surface area contributed by atoms with Gasteiger partial charge in [0.25, 0.3) is 5.91 Å². The molecule has 0 unspecified atom stereocenters. The van der Waals surface area contributed by atoms with Crippen LogP contribution in [0.3, 0.4) is 0 Å². The van der Waals surface area contributed by atoms with E-state index in [9.17, 15) is 9.18 Å². The van der Waals surface area contributed by atoms with Crippen LogP contribution in [0.4, 0.5) is 10.1 Å². The molecule has 3 aromatic carbocycles. The van der Waals surface area contributed by atoms with Gasteiger partial charge in [-0.15, -0.1) is 0 Å². The summed E-state index contributed by atoms with van der Waals surface area (Å²) in [4.78, 5) is 14.6. The van der Waals surface area contributed by atoms with Gasteiger partial charge in [-0.1, -0.05) is 54.1 Å². The zero-order valence-electron chi connectivity index (χ0n) is 15.9. The van der Waals surface area contributed by atoms with E-state index in [0.717, 1.165) is 16.8 Å². The van der Waals surface area contributed by atoms with Gasteiger partial charge in [-0.25, -0.2) is 4.39 Å². The lowest BCUT2D eigenvalue weighted by atomic mass is 10.0. The van der Waals surface area contributed by atoms with Gasteiger partial charge in [-0.3, -0.25) is 4.79 Å². The molecule has 5 heteroatoms. The number of nitrogens with zero attached hydrogens (tertiary/aromatic N) is 1. The van der Waals surface area contributed by atoms with E-state index in [4.69, 9.17) is 16.3 Å². The summed E-state index contributed by atoms with van der Waals surface area (Å²) >= 11 is 6.37. The third-order valence-corrected chi connectivity index (χ3v) is 5.18. The van der Waals surface area contributed by atoms with E-state index in [1.165, 1.54) is 6.07 Å². The topological polar surface area (TPSA) is 29.5 Å². The van der Waals surface area contributed by atoms with Crippen molar-refractivity contribution in [1.29, 1.82) is 0 Å². The molecular formula is C24H19ClFNO2. The van der Waals surface area contributed by atoms with Gasteiger partial charge in [0.1, 0.15) is 18.2 Å². The molecule has 4 rings (SSSR count). The van der Waals surface area contributed by atoms with Crippen LogP contribution in [-0.4, -0.2) is 12.5 Å². The van der Waals surface area contributed by atoms with Crippen molar-refractivity contribution in [2.75, 3.05) is 11.4 Å². The lowest BCUT2D eigenvalue weighted by molar-refractivity contribution is -0.112. The van der Waals surface area contributed by atoms with Crippen LogP contribution in [0.1, 0.15) is 23.6 Å². The second kappa shape index (κ2) is 8.10. The maximum Gasteiger partial charge on any atom is 0.258 e. The minimum absolute atomic E-state index is 0.0234. The molecule has 3 nitrogen and oxygen atoms in total. The van der Waals surface area contributed by atoms with E-state index in [0.29, 0.717) is 28.5 Å². The van der Waals surface area contributed by atoms with E-state index in [1.807, 2.05) is 43.3 Å². The van der Waals surface area contributed by atoms with Gasteiger partial charge in [0, 0.05) is 23.2 Å². The second-order valence-electron chi connectivity index (χ2n) is 6.69. The summed E-state index contributed by atoms with van der Waals surface area (Å²) in [7, 11) is 0. The van der Waals surface area contributed by atoms with Crippen molar-refractivity contribution < 1.29 is 13.9 Å². The Morgan fingerprint density at radius 1 is 1.07 bits per heavy atom. The number of ether oxygens (including phenoxy) is 1. The summed E-state index contributed by atoms with van der Waals surface area (Å²) in [5.74, 6) is 0.124. The Balaban J connectivity index is 1.58. The predicted octanol–water partition coefficient (Wildman–Crippen LogP) is 5.97. The van der Waals surface area contributed by atoms with Gasteiger partial charge < -0.3 is 9.64 Å². The molecular weight excluding hydrogens is 389 g/mol. The molecule has 3 aromatic rings. The summed E-state index contributed by atoms with van der Waals surface area (Å²) in [6.07, 6.45) is 1.84. The van der Waals surface area contributed by atoms with Gasteiger partial charge in [-0.05, 0) is 42.8 Å². The highest BCUT2D eigenvalue weighted by Gasteiger charge is 2.30. The third-order valence-electron chi connectivity index (χ3n) is 4.88. The maximum atomic E-state index is 13.7. The third kappa shape index (κ3) is 3.76. The molecule has 0 saturated carbocycles. The fourth-order valence-electron chi connectivity index (χ4n) is 3.42. The van der Waals surface area contributed by atoms with Crippen molar-refractivity contribution in [3.63, 3.8) is 0 Å². The SMILES string of the molecule is CCN1C(=O)/C(=C\c2ccc(OCc3ccccc3F)c(Cl)c2)c2ccccc21. The van der Waals surface area contributed by atoms with Gasteiger partial charge in [0.2, 0.25) is 0 Å². The Morgan fingerprint density at radius 2 is 1.83 bits per heavy atom. The number of hydrogen-bond donors (Lipinski definition) is 0. The average molecular weight is 408 g/mol. The van der Waals surface area contributed by atoms with Crippen molar-refractivity contribution in [2.45, 2.75) is 13.5 Å². The highest BCUT2D eigenvalue weighted by molar-refractivity contribution is 6.36. The smallest absolute Gasteiger partial charge is 0.258 e. The second-order valence-corrected chi connectivity index (χ2v) is 7.10. The molecule has 0 saturated heterocycles. The van der Waals surface area contributed by atoms with E-state index < -0.39 is 0 Å². The average Bonchev–Trinajstić information content (AvgIpc) is 2.99. The Hall–Kier alpha value is -3.11. The van der Waals surface area contributed by atoms with Crippen LogP contribution in [-0.2, 0) is 11.4 Å². The summed E-state index contributed by atoms with van der Waals surface area (Å²) in [5, 5.41) is 0.404. The van der Waals surface area contributed by atoms with Crippen molar-refractivity contribution >= 4 is 34.8 Å². The number of fused-ring (bicyclic) bond motifs is 1. The van der Waals surface area contributed by atoms with Crippen LogP contribution in [0, 0.1) is 5.82 Å². The molecule has 0 aromatic heterocycles. The Labute approximate surface area is 174 Å². The number of halogens is 2. The fraction of sp³-hybridized carbons (Fsp3) is 0.125.